The zero-order valence-electron chi connectivity index (χ0n) is 14.2. The Morgan fingerprint density at radius 1 is 1.20 bits per heavy atom. The van der Waals surface area contributed by atoms with Gasteiger partial charge in [0.25, 0.3) is 0 Å². The van der Waals surface area contributed by atoms with E-state index in [1.807, 2.05) is 0 Å². The smallest absolute Gasteiger partial charge is 0.310 e. The van der Waals surface area contributed by atoms with Gasteiger partial charge in [0.05, 0.1) is 23.1 Å². The minimum absolute atomic E-state index is 0.0166. The minimum Gasteiger partial charge on any atom is -0.507 e. The fraction of sp³-hybridized carbons (Fsp3) is 0.444. The second-order valence-corrected chi connectivity index (χ2v) is 6.71. The number of ketones is 1. The number of aliphatic hydroxyl groups is 1. The van der Waals surface area contributed by atoms with Crippen LogP contribution in [0.15, 0.2) is 17.7 Å². The van der Waals surface area contributed by atoms with Crippen LogP contribution < -0.4 is 0 Å². The predicted octanol–water partition coefficient (Wildman–Crippen LogP) is 2.76. The van der Waals surface area contributed by atoms with Crippen molar-refractivity contribution in [2.45, 2.75) is 45.8 Å². The highest BCUT2D eigenvalue weighted by atomic mass is 35.5. The maximum absolute atomic E-state index is 12.7. The molecule has 1 aliphatic heterocycles. The number of fused-ring (bicyclic) bond motifs is 1. The lowest BCUT2D eigenvalue weighted by atomic mass is 9.92. The maximum atomic E-state index is 12.7. The molecule has 1 aliphatic rings. The Labute approximate surface area is 150 Å². The van der Waals surface area contributed by atoms with Crippen LogP contribution in [0.2, 0.25) is 5.02 Å². The summed E-state index contributed by atoms with van der Waals surface area (Å²) in [5.41, 5.74) is 0.165. The van der Waals surface area contributed by atoms with Crippen LogP contribution in [0.4, 0.5) is 0 Å². The first kappa shape index (κ1) is 19.3. The molecule has 0 radical (unpaired) electrons. The quantitative estimate of drug-likeness (QED) is 0.608. The molecule has 1 aromatic carbocycles. The molecule has 6 nitrogen and oxygen atoms in total. The molecule has 0 aliphatic carbocycles. The van der Waals surface area contributed by atoms with Gasteiger partial charge in [-0.2, -0.15) is 0 Å². The van der Waals surface area contributed by atoms with E-state index in [9.17, 15) is 24.9 Å². The number of carbonyl (C=O) groups excluding carboxylic acids is 2. The molecule has 0 amide bonds. The van der Waals surface area contributed by atoms with Crippen molar-refractivity contribution in [1.29, 1.82) is 0 Å². The van der Waals surface area contributed by atoms with Crippen LogP contribution >= 0.6 is 11.6 Å². The third-order valence-electron chi connectivity index (χ3n) is 4.56. The van der Waals surface area contributed by atoms with Gasteiger partial charge in [0, 0.05) is 17.5 Å². The second kappa shape index (κ2) is 7.45. The average Bonchev–Trinajstić information content (AvgIpc) is 2.54. The van der Waals surface area contributed by atoms with E-state index in [1.54, 1.807) is 26.8 Å². The van der Waals surface area contributed by atoms with Crippen LogP contribution in [-0.4, -0.2) is 39.3 Å². The number of rotatable bonds is 0. The van der Waals surface area contributed by atoms with E-state index in [2.05, 4.69) is 0 Å². The Morgan fingerprint density at radius 2 is 1.84 bits per heavy atom. The molecule has 0 unspecified atom stereocenters. The van der Waals surface area contributed by atoms with Gasteiger partial charge in [-0.15, -0.1) is 0 Å². The van der Waals surface area contributed by atoms with E-state index in [1.165, 1.54) is 0 Å². The highest BCUT2D eigenvalue weighted by Gasteiger charge is 2.29. The summed E-state index contributed by atoms with van der Waals surface area (Å²) in [5.74, 6) is -2.44. The largest absolute Gasteiger partial charge is 0.507 e. The van der Waals surface area contributed by atoms with Crippen LogP contribution in [0.3, 0.4) is 0 Å². The number of phenols is 2. The maximum Gasteiger partial charge on any atom is 0.310 e. The molecule has 25 heavy (non-hydrogen) atoms. The van der Waals surface area contributed by atoms with Crippen LogP contribution in [0.25, 0.3) is 0 Å². The van der Waals surface area contributed by atoms with Gasteiger partial charge < -0.3 is 20.1 Å². The first-order valence-electron chi connectivity index (χ1n) is 7.95. The molecule has 0 spiro atoms. The van der Waals surface area contributed by atoms with Gasteiger partial charge in [0.2, 0.25) is 0 Å². The van der Waals surface area contributed by atoms with Gasteiger partial charge in [-0.05, 0) is 25.8 Å². The Kier molecular flexibility index (Phi) is 5.75. The predicted molar refractivity (Wildman–Crippen MR) is 91.9 cm³/mol. The first-order chi connectivity index (χ1) is 11.6. The Hall–Kier alpha value is -2.05. The average molecular weight is 369 g/mol. The van der Waals surface area contributed by atoms with Crippen molar-refractivity contribution in [2.24, 2.45) is 5.92 Å². The van der Waals surface area contributed by atoms with Crippen molar-refractivity contribution < 1.29 is 29.6 Å². The van der Waals surface area contributed by atoms with Crippen molar-refractivity contribution in [1.82, 2.24) is 0 Å². The summed E-state index contributed by atoms with van der Waals surface area (Å²) in [6.45, 7) is 4.97. The number of esters is 1. The normalized spacial score (nSPS) is 27.4. The van der Waals surface area contributed by atoms with Crippen LogP contribution in [0.1, 0.15) is 43.1 Å². The number of hydrogen-bond acceptors (Lipinski definition) is 6. The van der Waals surface area contributed by atoms with Gasteiger partial charge in [-0.3, -0.25) is 9.59 Å². The number of Topliss-reactive ketones (excluding diaryl/α,β-unsaturated/α-hetero) is 1. The highest BCUT2D eigenvalue weighted by Crippen LogP contribution is 2.38. The third kappa shape index (κ3) is 3.96. The third-order valence-corrected chi connectivity index (χ3v) is 4.98. The molecular formula is C18H21ClO6. The number of benzene rings is 1. The van der Waals surface area contributed by atoms with E-state index >= 15 is 0 Å². The van der Waals surface area contributed by atoms with Gasteiger partial charge in [0.15, 0.2) is 5.78 Å². The molecule has 1 heterocycles. The van der Waals surface area contributed by atoms with Crippen molar-refractivity contribution >= 4 is 23.4 Å². The fourth-order valence-electron chi connectivity index (χ4n) is 2.72. The second-order valence-electron chi connectivity index (χ2n) is 6.33. The summed E-state index contributed by atoms with van der Waals surface area (Å²) in [7, 11) is 0. The summed E-state index contributed by atoms with van der Waals surface area (Å²) in [5, 5.41) is 30.0. The Morgan fingerprint density at radius 3 is 2.48 bits per heavy atom. The number of ether oxygens (including phenoxy) is 1. The van der Waals surface area contributed by atoms with Crippen molar-refractivity contribution in [2.75, 3.05) is 0 Å². The topological polar surface area (TPSA) is 104 Å². The summed E-state index contributed by atoms with van der Waals surface area (Å²) in [6.07, 6.45) is 0.0370. The summed E-state index contributed by atoms with van der Waals surface area (Å²) < 4.78 is 5.31. The molecule has 0 bridgehead atoms. The van der Waals surface area contributed by atoms with E-state index in [-0.39, 0.29) is 34.9 Å². The lowest BCUT2D eigenvalue weighted by Crippen LogP contribution is -2.32. The van der Waals surface area contributed by atoms with Crippen molar-refractivity contribution in [3.05, 3.63) is 33.9 Å². The van der Waals surface area contributed by atoms with E-state index < -0.39 is 35.5 Å². The van der Waals surface area contributed by atoms with Gasteiger partial charge >= 0.3 is 5.97 Å². The van der Waals surface area contributed by atoms with Crippen molar-refractivity contribution in [3.63, 3.8) is 0 Å². The molecule has 7 heteroatoms. The van der Waals surface area contributed by atoms with E-state index in [0.29, 0.717) is 5.57 Å². The zero-order valence-corrected chi connectivity index (χ0v) is 15.0. The number of aromatic hydroxyl groups is 2. The summed E-state index contributed by atoms with van der Waals surface area (Å²) >= 11 is 6.06. The summed E-state index contributed by atoms with van der Waals surface area (Å²) in [4.78, 5) is 24.9. The molecule has 0 fully saturated rings. The number of allylic oxidation sites excluding steroid dienone is 1. The van der Waals surface area contributed by atoms with Gasteiger partial charge in [-0.25, -0.2) is 0 Å². The molecule has 3 atom stereocenters. The van der Waals surface area contributed by atoms with E-state index in [0.717, 1.165) is 6.07 Å². The summed E-state index contributed by atoms with van der Waals surface area (Å²) in [6, 6.07) is 0.961. The molecule has 1 aromatic rings. The molecule has 0 saturated heterocycles. The number of aliphatic hydroxyl groups excluding tert-OH is 1. The molecule has 2 rings (SSSR count). The number of phenolic OH excluding ortho intramolecular Hbond substituents is 2. The SMILES string of the molecule is C/C1=C\C[C@H](O)[C@H](C)[C@@H](C)OC(=O)Cc2c(Cl)c(O)cc(O)c2C1=O. The van der Waals surface area contributed by atoms with Gasteiger partial charge in [-0.1, -0.05) is 24.6 Å². The number of halogens is 1. The zero-order chi connectivity index (χ0) is 18.9. The van der Waals surface area contributed by atoms with Crippen LogP contribution in [0.5, 0.6) is 11.5 Å². The lowest BCUT2D eigenvalue weighted by molar-refractivity contribution is -0.151. The monoisotopic (exact) mass is 368 g/mol. The molecular weight excluding hydrogens is 348 g/mol. The minimum atomic E-state index is -0.790. The molecule has 3 N–H and O–H groups in total. The number of cyclic esters (lactones) is 1. The van der Waals surface area contributed by atoms with Gasteiger partial charge in [0.1, 0.15) is 17.6 Å². The number of hydrogen-bond donors (Lipinski definition) is 3. The molecule has 0 aromatic heterocycles. The fourth-order valence-corrected chi connectivity index (χ4v) is 2.93. The first-order valence-corrected chi connectivity index (χ1v) is 8.33. The Bertz CT molecular complexity index is 740. The number of carbonyl (C=O) groups is 2. The molecule has 136 valence electrons. The van der Waals surface area contributed by atoms with Crippen molar-refractivity contribution in [3.8, 4) is 11.5 Å². The van der Waals surface area contributed by atoms with Crippen LogP contribution in [-0.2, 0) is 16.0 Å². The highest BCUT2D eigenvalue weighted by molar-refractivity contribution is 6.34. The molecule has 0 saturated carbocycles. The lowest BCUT2D eigenvalue weighted by Gasteiger charge is -2.25. The van der Waals surface area contributed by atoms with E-state index in [4.69, 9.17) is 16.3 Å². The Balaban J connectivity index is 2.62. The van der Waals surface area contributed by atoms with Crippen LogP contribution in [0, 0.1) is 5.92 Å². The standard InChI is InChI=1S/C18H21ClO6/c1-8-4-5-12(20)9(2)10(3)25-15(23)6-11-16(18(8)24)13(21)7-14(22)17(11)19/h4,7,9-10,12,20-22H,5-6H2,1-3H3/b8-4+/t9-,10-,12+/m1/s1.